The number of halogens is 2. The fraction of sp³-hybridized carbons (Fsp3) is 0.118. The Balaban J connectivity index is 1.97. The molecule has 0 aliphatic carbocycles. The second-order valence-electron chi connectivity index (χ2n) is 5.59. The number of aromatic amines is 1. The van der Waals surface area contributed by atoms with Crippen LogP contribution in [0.3, 0.4) is 0 Å². The summed E-state index contributed by atoms with van der Waals surface area (Å²) in [4.78, 5) is 15.7. The van der Waals surface area contributed by atoms with Crippen LogP contribution in [0.15, 0.2) is 48.5 Å². The minimum atomic E-state index is -3.78. The molecule has 1 N–H and O–H groups in total. The number of fused-ring (bicyclic) bond motifs is 1. The van der Waals surface area contributed by atoms with Gasteiger partial charge in [-0.25, -0.2) is 12.7 Å². The molecule has 130 valence electrons. The van der Waals surface area contributed by atoms with Crippen molar-refractivity contribution >= 4 is 50.0 Å². The first-order chi connectivity index (χ1) is 11.8. The lowest BCUT2D eigenvalue weighted by Crippen LogP contribution is -2.35. The molecule has 0 aliphatic heterocycles. The van der Waals surface area contributed by atoms with E-state index in [0.29, 0.717) is 15.6 Å². The average Bonchev–Trinajstić information content (AvgIpc) is 2.98. The molecule has 0 fully saturated rings. The summed E-state index contributed by atoms with van der Waals surface area (Å²) < 4.78 is 25.1. The summed E-state index contributed by atoms with van der Waals surface area (Å²) >= 11 is 11.8. The summed E-state index contributed by atoms with van der Waals surface area (Å²) in [5.74, 6) is -0.634. The van der Waals surface area contributed by atoms with E-state index >= 15 is 0 Å². The number of para-hydroxylation sites is 1. The maximum Gasteiger partial charge on any atom is 0.284 e. The van der Waals surface area contributed by atoms with Gasteiger partial charge in [0.25, 0.3) is 5.91 Å². The van der Waals surface area contributed by atoms with Crippen molar-refractivity contribution in [3.05, 3.63) is 69.8 Å². The minimum Gasteiger partial charge on any atom is -0.350 e. The van der Waals surface area contributed by atoms with E-state index in [1.807, 2.05) is 24.3 Å². The Morgan fingerprint density at radius 1 is 1.08 bits per heavy atom. The highest BCUT2D eigenvalue weighted by molar-refractivity contribution is 7.88. The van der Waals surface area contributed by atoms with E-state index < -0.39 is 15.9 Å². The van der Waals surface area contributed by atoms with E-state index in [1.165, 1.54) is 0 Å². The van der Waals surface area contributed by atoms with Gasteiger partial charge in [-0.15, -0.1) is 0 Å². The molecule has 0 bridgehead atoms. The highest BCUT2D eigenvalue weighted by Gasteiger charge is 2.26. The number of sulfonamides is 1. The molecule has 0 unspecified atom stereocenters. The highest BCUT2D eigenvalue weighted by Crippen LogP contribution is 2.24. The predicted molar refractivity (Wildman–Crippen MR) is 99.5 cm³/mol. The third-order valence-corrected chi connectivity index (χ3v) is 5.53. The fourth-order valence-electron chi connectivity index (χ4n) is 2.47. The van der Waals surface area contributed by atoms with Gasteiger partial charge >= 0.3 is 0 Å². The monoisotopic (exact) mass is 396 g/mol. The third-order valence-electron chi connectivity index (χ3n) is 3.70. The number of aromatic nitrogens is 1. The highest BCUT2D eigenvalue weighted by atomic mass is 35.5. The second-order valence-corrected chi connectivity index (χ2v) is 8.31. The lowest BCUT2D eigenvalue weighted by molar-refractivity contribution is 0.0851. The maximum absolute atomic E-state index is 12.8. The molecular weight excluding hydrogens is 383 g/mol. The zero-order valence-corrected chi connectivity index (χ0v) is 15.5. The molecule has 3 aromatic rings. The number of nitrogens with zero attached hydrogens (tertiary/aromatic N) is 1. The molecule has 0 radical (unpaired) electrons. The van der Waals surface area contributed by atoms with Crippen LogP contribution in [0.5, 0.6) is 0 Å². The summed E-state index contributed by atoms with van der Waals surface area (Å²) in [6.45, 7) is -0.135. The van der Waals surface area contributed by atoms with E-state index in [2.05, 4.69) is 4.98 Å². The fourth-order valence-corrected chi connectivity index (χ4v) is 3.57. The Morgan fingerprint density at radius 2 is 1.80 bits per heavy atom. The van der Waals surface area contributed by atoms with E-state index in [1.54, 1.807) is 24.3 Å². The SMILES string of the molecule is CS(=O)(=O)N(Cc1ccc(Cl)c(Cl)c1)C(=O)c1cc2ccccc2[nH]1. The van der Waals surface area contributed by atoms with Crippen LogP contribution in [-0.4, -0.2) is 29.9 Å². The van der Waals surface area contributed by atoms with Gasteiger partial charge in [-0.2, -0.15) is 0 Å². The number of carbonyl (C=O) groups excluding carboxylic acids is 1. The average molecular weight is 397 g/mol. The molecule has 8 heteroatoms. The van der Waals surface area contributed by atoms with Crippen molar-refractivity contribution < 1.29 is 13.2 Å². The lowest BCUT2D eigenvalue weighted by atomic mass is 10.2. The van der Waals surface area contributed by atoms with Crippen LogP contribution in [0.25, 0.3) is 10.9 Å². The van der Waals surface area contributed by atoms with Crippen LogP contribution in [0, 0.1) is 0 Å². The van der Waals surface area contributed by atoms with Crippen molar-refractivity contribution in [1.82, 2.24) is 9.29 Å². The summed E-state index contributed by atoms with van der Waals surface area (Å²) in [6, 6.07) is 13.7. The van der Waals surface area contributed by atoms with Crippen LogP contribution in [-0.2, 0) is 16.6 Å². The van der Waals surface area contributed by atoms with E-state index in [4.69, 9.17) is 23.2 Å². The standard InChI is InChI=1S/C17H14Cl2N2O3S/c1-25(23,24)21(10-11-6-7-13(18)14(19)8-11)17(22)16-9-12-4-2-3-5-15(12)20-16/h2-9,20H,10H2,1H3. The summed E-state index contributed by atoms with van der Waals surface area (Å²) in [5, 5.41) is 1.48. The van der Waals surface area contributed by atoms with E-state index in [9.17, 15) is 13.2 Å². The Hall–Kier alpha value is -2.02. The molecule has 0 aliphatic rings. The molecule has 2 aromatic carbocycles. The van der Waals surface area contributed by atoms with Crippen LogP contribution < -0.4 is 0 Å². The number of H-pyrrole nitrogens is 1. The predicted octanol–water partition coefficient (Wildman–Crippen LogP) is 4.08. The van der Waals surface area contributed by atoms with Gasteiger partial charge in [-0.1, -0.05) is 47.5 Å². The number of rotatable bonds is 4. The molecule has 5 nitrogen and oxygen atoms in total. The molecule has 25 heavy (non-hydrogen) atoms. The van der Waals surface area contributed by atoms with Gasteiger partial charge in [0.05, 0.1) is 22.8 Å². The van der Waals surface area contributed by atoms with Crippen molar-refractivity contribution in [1.29, 1.82) is 0 Å². The van der Waals surface area contributed by atoms with Crippen LogP contribution in [0.1, 0.15) is 16.1 Å². The molecule has 1 heterocycles. The van der Waals surface area contributed by atoms with Crippen molar-refractivity contribution in [3.63, 3.8) is 0 Å². The molecule has 1 aromatic heterocycles. The zero-order chi connectivity index (χ0) is 18.2. The number of amides is 1. The first-order valence-electron chi connectivity index (χ1n) is 7.29. The Labute approximate surface area is 155 Å². The number of hydrogen-bond donors (Lipinski definition) is 1. The number of nitrogens with one attached hydrogen (secondary N) is 1. The van der Waals surface area contributed by atoms with E-state index in [-0.39, 0.29) is 12.2 Å². The van der Waals surface area contributed by atoms with Gasteiger partial charge < -0.3 is 4.98 Å². The maximum atomic E-state index is 12.8. The van der Waals surface area contributed by atoms with Gasteiger partial charge in [-0.05, 0) is 29.8 Å². The van der Waals surface area contributed by atoms with Crippen LogP contribution in [0.2, 0.25) is 10.0 Å². The summed E-state index contributed by atoms with van der Waals surface area (Å²) in [6.07, 6.45) is 0.991. The largest absolute Gasteiger partial charge is 0.350 e. The van der Waals surface area contributed by atoms with Gasteiger partial charge in [0.15, 0.2) is 0 Å². The Morgan fingerprint density at radius 3 is 2.44 bits per heavy atom. The first-order valence-corrected chi connectivity index (χ1v) is 9.90. The van der Waals surface area contributed by atoms with Crippen LogP contribution in [0.4, 0.5) is 0 Å². The zero-order valence-electron chi connectivity index (χ0n) is 13.2. The van der Waals surface area contributed by atoms with Gasteiger partial charge in [0, 0.05) is 10.9 Å². The van der Waals surface area contributed by atoms with Crippen molar-refractivity contribution in [3.8, 4) is 0 Å². The number of carbonyl (C=O) groups is 1. The van der Waals surface area contributed by atoms with Crippen LogP contribution >= 0.6 is 23.2 Å². The first kappa shape index (κ1) is 17.8. The van der Waals surface area contributed by atoms with Gasteiger partial charge in [0.1, 0.15) is 5.69 Å². The molecule has 0 saturated heterocycles. The Bertz CT molecular complexity index is 1030. The topological polar surface area (TPSA) is 70.2 Å². The third kappa shape index (κ3) is 3.81. The minimum absolute atomic E-state index is 0.135. The van der Waals surface area contributed by atoms with Gasteiger partial charge in [0.2, 0.25) is 10.0 Å². The summed E-state index contributed by atoms with van der Waals surface area (Å²) in [7, 11) is -3.78. The number of benzene rings is 2. The van der Waals surface area contributed by atoms with Crippen molar-refractivity contribution in [2.24, 2.45) is 0 Å². The smallest absolute Gasteiger partial charge is 0.284 e. The molecule has 1 amide bonds. The van der Waals surface area contributed by atoms with Crippen molar-refractivity contribution in [2.45, 2.75) is 6.54 Å². The molecule has 0 atom stereocenters. The summed E-state index contributed by atoms with van der Waals surface area (Å²) in [5.41, 5.74) is 1.52. The van der Waals surface area contributed by atoms with Crippen molar-refractivity contribution in [2.75, 3.05) is 6.26 Å². The Kier molecular flexibility index (Phi) is 4.77. The quantitative estimate of drug-likeness (QED) is 0.721. The lowest BCUT2D eigenvalue weighted by Gasteiger charge is -2.20. The second kappa shape index (κ2) is 6.71. The molecule has 0 saturated carbocycles. The molecule has 3 rings (SSSR count). The number of hydrogen-bond acceptors (Lipinski definition) is 3. The van der Waals surface area contributed by atoms with Gasteiger partial charge in [-0.3, -0.25) is 4.79 Å². The normalized spacial score (nSPS) is 11.6. The molecular formula is C17H14Cl2N2O3S. The molecule has 0 spiro atoms. The van der Waals surface area contributed by atoms with E-state index in [0.717, 1.165) is 21.5 Å².